The van der Waals surface area contributed by atoms with Crippen LogP contribution in [0.3, 0.4) is 0 Å². The molecule has 5 rings (SSSR count). The highest BCUT2D eigenvalue weighted by Gasteiger charge is 2.49. The van der Waals surface area contributed by atoms with Crippen LogP contribution < -0.4 is 19.1 Å². The highest BCUT2D eigenvalue weighted by molar-refractivity contribution is 6.03. The molecular weight excluding hydrogens is 516 g/mol. The minimum Gasteiger partial charge on any atom is -0.493 e. The predicted octanol–water partition coefficient (Wildman–Crippen LogP) is 3.72. The smallest absolute Gasteiger partial charge is 0.326 e. The Bertz CT molecular complexity index is 1350. The van der Waals surface area contributed by atoms with Gasteiger partial charge in [-0.3, -0.25) is 14.5 Å². The number of likely N-dealkylation sites (tertiary alicyclic amines) is 1. The molecule has 40 heavy (non-hydrogen) atoms. The highest BCUT2D eigenvalue weighted by atomic mass is 16.5. The summed E-state index contributed by atoms with van der Waals surface area (Å²) in [6.45, 7) is 8.68. The number of aliphatic carboxylic acids is 1. The predicted molar refractivity (Wildman–Crippen MR) is 146 cm³/mol. The lowest BCUT2D eigenvalue weighted by molar-refractivity contribution is -0.159. The number of carboxylic acid groups (broad SMARTS) is 1. The molecular formula is C30H36N2O8. The molecule has 3 aliphatic rings. The van der Waals surface area contributed by atoms with Crippen molar-refractivity contribution < 1.29 is 38.4 Å². The Morgan fingerprint density at radius 1 is 1.12 bits per heavy atom. The van der Waals surface area contributed by atoms with Crippen LogP contribution in [0.25, 0.3) is 0 Å². The van der Waals surface area contributed by atoms with E-state index in [9.17, 15) is 19.5 Å². The van der Waals surface area contributed by atoms with Crippen LogP contribution >= 0.6 is 0 Å². The number of rotatable bonds is 6. The maximum atomic E-state index is 14.4. The first-order chi connectivity index (χ1) is 19.0. The number of hydrogen-bond acceptors (Lipinski definition) is 7. The maximum Gasteiger partial charge on any atom is 0.326 e. The average molecular weight is 553 g/mol. The Morgan fingerprint density at radius 2 is 1.88 bits per heavy atom. The number of benzene rings is 2. The number of para-hydroxylation sites is 1. The van der Waals surface area contributed by atoms with Crippen LogP contribution in [0, 0.1) is 12.3 Å². The van der Waals surface area contributed by atoms with Gasteiger partial charge in [0.15, 0.2) is 11.5 Å². The third kappa shape index (κ3) is 4.64. The molecule has 0 aliphatic carbocycles. The number of methoxy groups -OCH3 is 2. The van der Waals surface area contributed by atoms with Gasteiger partial charge in [-0.15, -0.1) is 0 Å². The number of nitrogens with zero attached hydrogens (tertiary/aromatic N) is 2. The van der Waals surface area contributed by atoms with Gasteiger partial charge >= 0.3 is 5.97 Å². The highest BCUT2D eigenvalue weighted by Crippen LogP contribution is 2.51. The van der Waals surface area contributed by atoms with Crippen LogP contribution in [0.2, 0.25) is 0 Å². The van der Waals surface area contributed by atoms with Gasteiger partial charge in [0.05, 0.1) is 32.4 Å². The lowest BCUT2D eigenvalue weighted by Gasteiger charge is -2.44. The van der Waals surface area contributed by atoms with E-state index in [2.05, 4.69) is 0 Å². The Balaban J connectivity index is 1.68. The van der Waals surface area contributed by atoms with Crippen LogP contribution in [-0.2, 0) is 19.1 Å². The lowest BCUT2D eigenvalue weighted by Crippen LogP contribution is -2.58. The summed E-state index contributed by atoms with van der Waals surface area (Å²) in [5.41, 5.74) is 2.52. The van der Waals surface area contributed by atoms with E-state index in [0.29, 0.717) is 47.0 Å². The number of ether oxygens (including phenoxy) is 4. The van der Waals surface area contributed by atoms with Gasteiger partial charge in [-0.2, -0.15) is 0 Å². The minimum atomic E-state index is -1.17. The molecule has 2 amide bonds. The zero-order valence-electron chi connectivity index (χ0n) is 23.7. The topological polar surface area (TPSA) is 115 Å². The molecule has 10 nitrogen and oxygen atoms in total. The van der Waals surface area contributed by atoms with Gasteiger partial charge in [0.25, 0.3) is 5.91 Å². The number of carboxylic acids is 1. The molecule has 3 heterocycles. The quantitative estimate of drug-likeness (QED) is 0.577. The molecule has 3 aliphatic heterocycles. The summed E-state index contributed by atoms with van der Waals surface area (Å²) in [5.74, 6) is -0.330. The van der Waals surface area contributed by atoms with E-state index >= 15 is 0 Å². The first-order valence-electron chi connectivity index (χ1n) is 13.4. The maximum absolute atomic E-state index is 14.4. The molecule has 214 valence electrons. The minimum absolute atomic E-state index is 0.284. The van der Waals surface area contributed by atoms with Crippen molar-refractivity contribution in [2.45, 2.75) is 64.8 Å². The van der Waals surface area contributed by atoms with Crippen LogP contribution in [0.15, 0.2) is 30.3 Å². The van der Waals surface area contributed by atoms with Gasteiger partial charge < -0.3 is 29.0 Å². The number of hydrogen-bond donors (Lipinski definition) is 1. The van der Waals surface area contributed by atoms with E-state index < -0.39 is 30.1 Å². The normalized spacial score (nSPS) is 23.9. The van der Waals surface area contributed by atoms with Crippen molar-refractivity contribution in [1.82, 2.24) is 4.90 Å². The molecule has 0 unspecified atom stereocenters. The van der Waals surface area contributed by atoms with Gasteiger partial charge in [-0.1, -0.05) is 39.0 Å². The Hall–Kier alpha value is -3.79. The molecule has 2 aromatic rings. The standard InChI is InChI=1S/C30H36N2O8/c1-16-12-18-25-21(13-16)39-15-23(30(2,3)4)32(25)28(34)22(14-24(33)31-11-10-19(31)29(35)36)40-26(18)17-8-7-9-20(37-5)27(17)38-6/h7-9,12-13,19,22-23,26H,10-11,14-15H2,1-6H3,(H,35,36)/t19-,22+,23-,26+/m0/s1. The van der Waals surface area contributed by atoms with Crippen LogP contribution in [0.5, 0.6) is 17.2 Å². The summed E-state index contributed by atoms with van der Waals surface area (Å²) in [6.07, 6.45) is -1.89. The first kappa shape index (κ1) is 27.8. The van der Waals surface area contributed by atoms with Gasteiger partial charge in [-0.05, 0) is 36.5 Å². The molecule has 0 radical (unpaired) electrons. The van der Waals surface area contributed by atoms with Gasteiger partial charge in [-0.25, -0.2) is 4.79 Å². The summed E-state index contributed by atoms with van der Waals surface area (Å²) in [4.78, 5) is 42.4. The van der Waals surface area contributed by atoms with Crippen molar-refractivity contribution in [3.63, 3.8) is 0 Å². The van der Waals surface area contributed by atoms with E-state index in [1.54, 1.807) is 18.1 Å². The summed E-state index contributed by atoms with van der Waals surface area (Å²) < 4.78 is 24.2. The number of carbonyl (C=O) groups is 3. The summed E-state index contributed by atoms with van der Waals surface area (Å²) in [5, 5.41) is 9.50. The van der Waals surface area contributed by atoms with Crippen LogP contribution in [0.4, 0.5) is 5.69 Å². The number of anilines is 1. The molecule has 2 aromatic carbocycles. The van der Waals surface area contributed by atoms with E-state index in [1.807, 2.05) is 52.0 Å². The Kier molecular flexibility index (Phi) is 7.16. The van der Waals surface area contributed by atoms with Gasteiger partial charge in [0.2, 0.25) is 5.91 Å². The van der Waals surface area contributed by atoms with Crippen molar-refractivity contribution in [2.24, 2.45) is 5.41 Å². The second-order valence-corrected chi connectivity index (χ2v) is 11.6. The van der Waals surface area contributed by atoms with Crippen molar-refractivity contribution >= 4 is 23.5 Å². The molecule has 0 bridgehead atoms. The van der Waals surface area contributed by atoms with Crippen LogP contribution in [-0.4, -0.2) is 73.3 Å². The Labute approximate surface area is 233 Å². The zero-order valence-corrected chi connectivity index (χ0v) is 23.7. The fourth-order valence-electron chi connectivity index (χ4n) is 5.80. The third-order valence-corrected chi connectivity index (χ3v) is 7.99. The van der Waals surface area contributed by atoms with Crippen molar-refractivity contribution in [2.75, 3.05) is 32.3 Å². The van der Waals surface area contributed by atoms with Gasteiger partial charge in [0, 0.05) is 17.7 Å². The first-order valence-corrected chi connectivity index (χ1v) is 13.4. The second kappa shape index (κ2) is 10.3. The van der Waals surface area contributed by atoms with Crippen molar-refractivity contribution in [1.29, 1.82) is 0 Å². The van der Waals surface area contributed by atoms with Gasteiger partial charge in [0.1, 0.15) is 30.6 Å². The van der Waals surface area contributed by atoms with Crippen molar-refractivity contribution in [3.05, 3.63) is 47.0 Å². The number of aryl methyl sites for hydroxylation is 1. The third-order valence-electron chi connectivity index (χ3n) is 7.99. The second-order valence-electron chi connectivity index (χ2n) is 11.6. The molecule has 10 heteroatoms. The largest absolute Gasteiger partial charge is 0.493 e. The monoisotopic (exact) mass is 552 g/mol. The molecule has 1 N–H and O–H groups in total. The Morgan fingerprint density at radius 3 is 2.48 bits per heavy atom. The molecule has 0 spiro atoms. The summed E-state index contributed by atoms with van der Waals surface area (Å²) in [6, 6.07) is 8.09. The molecule has 1 fully saturated rings. The van der Waals surface area contributed by atoms with E-state index in [-0.39, 0.29) is 30.4 Å². The number of amides is 2. The van der Waals surface area contributed by atoms with E-state index in [1.165, 1.54) is 12.0 Å². The molecule has 4 atom stereocenters. The van der Waals surface area contributed by atoms with E-state index in [4.69, 9.17) is 18.9 Å². The summed E-state index contributed by atoms with van der Waals surface area (Å²) in [7, 11) is 3.08. The average Bonchev–Trinajstić information content (AvgIpc) is 2.97. The fraction of sp³-hybridized carbons (Fsp3) is 0.500. The SMILES string of the molecule is COc1cccc([C@H]2O[C@H](CC(=O)N3CC[C@H]3C(=O)O)C(=O)N3c4c(cc(C)cc42)OC[C@H]3C(C)(C)C)c1OC. The zero-order chi connectivity index (χ0) is 28.9. The number of carbonyl (C=O) groups excluding carboxylic acids is 2. The van der Waals surface area contributed by atoms with Crippen LogP contribution in [0.1, 0.15) is 56.4 Å². The molecule has 0 saturated carbocycles. The summed E-state index contributed by atoms with van der Waals surface area (Å²) >= 11 is 0. The molecule has 1 saturated heterocycles. The lowest BCUT2D eigenvalue weighted by atomic mass is 9.84. The van der Waals surface area contributed by atoms with Crippen molar-refractivity contribution in [3.8, 4) is 17.2 Å². The van der Waals surface area contributed by atoms with E-state index in [0.717, 1.165) is 5.56 Å². The molecule has 0 aromatic heterocycles. The fourth-order valence-corrected chi connectivity index (χ4v) is 5.80.